The van der Waals surface area contributed by atoms with Gasteiger partial charge in [-0.3, -0.25) is 8.61 Å². The van der Waals surface area contributed by atoms with E-state index in [1.165, 1.54) is 0 Å². The van der Waals surface area contributed by atoms with Crippen molar-refractivity contribution in [2.24, 2.45) is 0 Å². The lowest BCUT2D eigenvalue weighted by Crippen LogP contribution is -2.19. The van der Waals surface area contributed by atoms with E-state index in [2.05, 4.69) is 4.98 Å². The zero-order valence-electron chi connectivity index (χ0n) is 24.5. The summed E-state index contributed by atoms with van der Waals surface area (Å²) < 4.78 is 55.6. The molecule has 0 aliphatic carbocycles. The maximum absolute atomic E-state index is 14.0. The maximum Gasteiger partial charge on any atom is 0.422 e. The topological polar surface area (TPSA) is 96.8 Å². The van der Waals surface area contributed by atoms with Crippen molar-refractivity contribution in [3.05, 3.63) is 103 Å². The van der Waals surface area contributed by atoms with Gasteiger partial charge in [0.15, 0.2) is 12.6 Å². The third-order valence-corrected chi connectivity index (χ3v) is 11.6. The summed E-state index contributed by atoms with van der Waals surface area (Å²) in [7, 11) is -6.88. The number of hydrogen-bond acceptors (Lipinski definition) is 7. The molecule has 2 unspecified atom stereocenters. The Morgan fingerprint density at radius 1 is 0.690 bits per heavy atom. The molecular formula is C32H38NO7S2+. The molecule has 0 spiro atoms. The SMILES string of the molecule is CCOC(C)Oc1ccc(S([OH+]S(=O)(=O)c2ccc(C)cc2)(c2ccc(OC(C)OCC)cc2)c2cccnc2)cc1. The van der Waals surface area contributed by atoms with E-state index in [0.717, 1.165) is 5.56 Å². The Labute approximate surface area is 250 Å². The van der Waals surface area contributed by atoms with Crippen molar-refractivity contribution >= 4 is 20.4 Å². The Morgan fingerprint density at radius 2 is 1.17 bits per heavy atom. The monoisotopic (exact) mass is 612 g/mol. The lowest BCUT2D eigenvalue weighted by molar-refractivity contribution is -0.0616. The van der Waals surface area contributed by atoms with Crippen LogP contribution in [-0.2, 0) is 19.6 Å². The minimum absolute atomic E-state index is 0.116. The number of aryl methyl sites for hydroxylation is 1. The van der Waals surface area contributed by atoms with E-state index in [-0.39, 0.29) is 4.90 Å². The van der Waals surface area contributed by atoms with Gasteiger partial charge in [-0.05, 0) is 107 Å². The second kappa shape index (κ2) is 14.2. The van der Waals surface area contributed by atoms with Crippen LogP contribution in [0.1, 0.15) is 33.3 Å². The van der Waals surface area contributed by atoms with Crippen molar-refractivity contribution < 1.29 is 31.0 Å². The van der Waals surface area contributed by atoms with Crippen LogP contribution in [0.4, 0.5) is 0 Å². The summed E-state index contributed by atoms with van der Waals surface area (Å²) in [6.45, 7) is 10.4. The first-order chi connectivity index (χ1) is 20.2. The summed E-state index contributed by atoms with van der Waals surface area (Å²) in [5.41, 5.74) is 0.952. The Balaban J connectivity index is 1.88. The summed E-state index contributed by atoms with van der Waals surface area (Å²) in [6, 6.07) is 25.0. The molecule has 0 fully saturated rings. The normalized spacial score (nSPS) is 15.3. The van der Waals surface area contributed by atoms with Gasteiger partial charge in [-0.2, -0.15) is 0 Å². The Hall–Kier alpha value is -3.41. The summed E-state index contributed by atoms with van der Waals surface area (Å²) in [4.78, 5) is 6.52. The molecule has 10 heteroatoms. The molecule has 1 N–H and O–H groups in total. The Bertz CT molecular complexity index is 1450. The summed E-state index contributed by atoms with van der Waals surface area (Å²) >= 11 is 0. The molecule has 224 valence electrons. The standard InChI is InChI=1S/C32H37NO7S2/c1-6-36-25(4)38-27-12-18-29(19-13-27)41(32-9-8-22-33-23-32,40-42(34,35)31-16-10-24(3)11-17-31)30-20-14-28(15-21-30)39-26(5)37-7-2/h8-23,25-26H,6-7H2,1-5H3/p+1. The number of ether oxygens (including phenoxy) is 4. The predicted octanol–water partition coefficient (Wildman–Crippen LogP) is 7.59. The Kier molecular flexibility index (Phi) is 10.6. The molecule has 42 heavy (non-hydrogen) atoms. The number of pyridine rings is 1. The van der Waals surface area contributed by atoms with E-state index in [9.17, 15) is 8.42 Å². The smallest absolute Gasteiger partial charge is 0.422 e. The summed E-state index contributed by atoms with van der Waals surface area (Å²) in [5.74, 6) is 1.18. The molecule has 0 aliphatic rings. The van der Waals surface area contributed by atoms with E-state index >= 15 is 0 Å². The molecule has 0 saturated heterocycles. The number of aromatic nitrogens is 1. The van der Waals surface area contributed by atoms with Crippen LogP contribution in [0.5, 0.6) is 11.5 Å². The average molecular weight is 613 g/mol. The molecule has 1 heterocycles. The van der Waals surface area contributed by atoms with Gasteiger partial charge in [0.2, 0.25) is 0 Å². The molecule has 0 saturated carbocycles. The van der Waals surface area contributed by atoms with E-state index in [4.69, 9.17) is 22.6 Å². The minimum Gasteiger partial charge on any atom is -0.465 e. The van der Waals surface area contributed by atoms with Crippen molar-refractivity contribution in [2.75, 3.05) is 13.2 Å². The number of hydrogen-bond donors (Lipinski definition) is 0. The lowest BCUT2D eigenvalue weighted by Gasteiger charge is -2.34. The van der Waals surface area contributed by atoms with Gasteiger partial charge in [0.25, 0.3) is 0 Å². The summed E-state index contributed by atoms with van der Waals surface area (Å²) in [5, 5.41) is 0. The third-order valence-electron chi connectivity index (χ3n) is 6.24. The van der Waals surface area contributed by atoms with Crippen molar-refractivity contribution in [2.45, 2.75) is 66.8 Å². The average Bonchev–Trinajstić information content (AvgIpc) is 2.98. The molecule has 0 aliphatic heterocycles. The number of benzene rings is 3. The van der Waals surface area contributed by atoms with Crippen LogP contribution in [0.25, 0.3) is 0 Å². The molecule has 1 aromatic heterocycles. The van der Waals surface area contributed by atoms with Gasteiger partial charge in [0.05, 0.1) is 25.0 Å². The molecule has 0 radical (unpaired) electrons. The first-order valence-corrected chi connectivity index (χ1v) is 16.8. The number of rotatable bonds is 14. The van der Waals surface area contributed by atoms with E-state index in [1.54, 1.807) is 67.0 Å². The second-order valence-corrected chi connectivity index (χ2v) is 13.9. The quantitative estimate of drug-likeness (QED) is 0.0822. The van der Waals surface area contributed by atoms with Gasteiger partial charge in [0.1, 0.15) is 16.4 Å². The van der Waals surface area contributed by atoms with Crippen LogP contribution in [0.2, 0.25) is 0 Å². The van der Waals surface area contributed by atoms with Crippen LogP contribution in [0.3, 0.4) is 0 Å². The largest absolute Gasteiger partial charge is 0.465 e. The highest BCUT2D eigenvalue weighted by Gasteiger charge is 2.44. The molecule has 2 atom stereocenters. The van der Waals surface area contributed by atoms with E-state index in [0.29, 0.717) is 39.4 Å². The second-order valence-electron chi connectivity index (χ2n) is 9.36. The molecule has 0 bridgehead atoms. The van der Waals surface area contributed by atoms with Crippen LogP contribution in [0, 0.1) is 6.92 Å². The molecule has 4 aromatic rings. The first-order valence-electron chi connectivity index (χ1n) is 13.7. The highest BCUT2D eigenvalue weighted by Crippen LogP contribution is 2.68. The molecular weight excluding hydrogens is 574 g/mol. The zero-order chi connectivity index (χ0) is 30.2. The van der Waals surface area contributed by atoms with Crippen LogP contribution in [-0.4, -0.2) is 42.8 Å². The first kappa shape index (κ1) is 31.5. The van der Waals surface area contributed by atoms with Crippen LogP contribution in [0.15, 0.2) is 117 Å². The van der Waals surface area contributed by atoms with Crippen LogP contribution < -0.4 is 9.47 Å². The van der Waals surface area contributed by atoms with Gasteiger partial charge in [-0.1, -0.05) is 17.7 Å². The Morgan fingerprint density at radius 3 is 1.60 bits per heavy atom. The van der Waals surface area contributed by atoms with Crippen molar-refractivity contribution in [3.63, 3.8) is 0 Å². The van der Waals surface area contributed by atoms with E-state index < -0.39 is 33.0 Å². The van der Waals surface area contributed by atoms with Gasteiger partial charge >= 0.3 is 10.1 Å². The van der Waals surface area contributed by atoms with Crippen molar-refractivity contribution in [1.82, 2.24) is 4.98 Å². The van der Waals surface area contributed by atoms with Crippen molar-refractivity contribution in [3.8, 4) is 11.5 Å². The summed E-state index contributed by atoms with van der Waals surface area (Å²) in [6.07, 6.45) is 2.46. The van der Waals surface area contributed by atoms with Gasteiger partial charge in [0, 0.05) is 25.6 Å². The predicted molar refractivity (Wildman–Crippen MR) is 164 cm³/mol. The molecule has 0 amide bonds. The fraction of sp³-hybridized carbons (Fsp3) is 0.281. The van der Waals surface area contributed by atoms with Crippen molar-refractivity contribution in [1.29, 1.82) is 0 Å². The minimum atomic E-state index is -4.12. The molecule has 8 nitrogen and oxygen atoms in total. The zero-order valence-corrected chi connectivity index (χ0v) is 26.1. The lowest BCUT2D eigenvalue weighted by atomic mass is 10.2. The van der Waals surface area contributed by atoms with Gasteiger partial charge < -0.3 is 18.9 Å². The van der Waals surface area contributed by atoms with Gasteiger partial charge in [-0.15, -0.1) is 8.42 Å². The fourth-order valence-electron chi connectivity index (χ4n) is 4.31. The van der Waals surface area contributed by atoms with Gasteiger partial charge in [-0.25, -0.2) is 0 Å². The highest BCUT2D eigenvalue weighted by molar-refractivity contribution is 8.32. The molecule has 4 rings (SSSR count). The fourth-order valence-corrected chi connectivity index (χ4v) is 9.71. The molecule has 3 aromatic carbocycles. The number of nitrogens with zero attached hydrogens (tertiary/aromatic N) is 1. The highest BCUT2D eigenvalue weighted by atomic mass is 32.3. The third kappa shape index (κ3) is 7.50. The maximum atomic E-state index is 14.0. The van der Waals surface area contributed by atoms with Crippen LogP contribution >= 0.6 is 10.3 Å². The van der Waals surface area contributed by atoms with E-state index in [1.807, 2.05) is 65.0 Å².